The van der Waals surface area contributed by atoms with Crippen molar-refractivity contribution < 1.29 is 0 Å². The summed E-state index contributed by atoms with van der Waals surface area (Å²) < 4.78 is 3.93. The van der Waals surface area contributed by atoms with Crippen LogP contribution in [0.5, 0.6) is 0 Å². The topological polar surface area (TPSA) is 169 Å². The van der Waals surface area contributed by atoms with Crippen LogP contribution in [0, 0.1) is 0 Å². The first-order valence-electron chi connectivity index (χ1n) is 7.37. The summed E-state index contributed by atoms with van der Waals surface area (Å²) in [5.41, 5.74) is 21.2. The Balaban J connectivity index is 2.12. The Morgan fingerprint density at radius 3 is 2.84 bits per heavy atom. The molecule has 3 aromatic heterocycles. The highest BCUT2D eigenvalue weighted by molar-refractivity contribution is 7.19. The van der Waals surface area contributed by atoms with E-state index in [0.29, 0.717) is 29.0 Å². The van der Waals surface area contributed by atoms with E-state index in [1.165, 1.54) is 28.4 Å². The standard InChI is InChI=1S/C14H19N9OS/c1-22-11-9(5-20-23(14(11)24)6-8(17)4-19-18)12-13(22)21-10(25-12)2-7(16)3-15/h3-5,19H,2,6,15-18H2,1H3/b7-3-,8-4-. The molecule has 0 saturated heterocycles. The fourth-order valence-electron chi connectivity index (χ4n) is 2.58. The second-order valence-corrected chi connectivity index (χ2v) is 6.58. The van der Waals surface area contributed by atoms with E-state index in [9.17, 15) is 4.79 Å². The lowest BCUT2D eigenvalue weighted by atomic mass is 10.3. The van der Waals surface area contributed by atoms with Gasteiger partial charge >= 0.3 is 0 Å². The molecular formula is C14H19N9OS. The molecule has 0 aliphatic carbocycles. The van der Waals surface area contributed by atoms with E-state index in [1.54, 1.807) is 17.8 Å². The zero-order valence-electron chi connectivity index (χ0n) is 13.6. The molecule has 0 aromatic carbocycles. The van der Waals surface area contributed by atoms with Gasteiger partial charge in [-0.1, -0.05) is 0 Å². The van der Waals surface area contributed by atoms with Crippen molar-refractivity contribution in [2.24, 2.45) is 30.1 Å². The normalized spacial score (nSPS) is 13.0. The Morgan fingerprint density at radius 2 is 2.16 bits per heavy atom. The van der Waals surface area contributed by atoms with Crippen molar-refractivity contribution in [1.82, 2.24) is 24.8 Å². The molecule has 9 N–H and O–H groups in total. The Kier molecular flexibility index (Phi) is 4.33. The molecule has 25 heavy (non-hydrogen) atoms. The van der Waals surface area contributed by atoms with Crippen molar-refractivity contribution in [1.29, 1.82) is 0 Å². The van der Waals surface area contributed by atoms with E-state index >= 15 is 0 Å². The number of hydrogen-bond donors (Lipinski definition) is 5. The Hall–Kier alpha value is -3.05. The SMILES string of the molecule is Cn1c2nc(C/C(N)=C/N)sc2c2cnn(C/C(N)=C/NN)c(=O)c21. The molecule has 0 unspecified atom stereocenters. The molecule has 3 aromatic rings. The predicted molar refractivity (Wildman–Crippen MR) is 97.9 cm³/mol. The summed E-state index contributed by atoms with van der Waals surface area (Å²) in [6, 6.07) is 0. The average molecular weight is 361 g/mol. The second-order valence-electron chi connectivity index (χ2n) is 5.49. The van der Waals surface area contributed by atoms with Crippen LogP contribution in [0.2, 0.25) is 0 Å². The predicted octanol–water partition coefficient (Wildman–Crippen LogP) is -1.09. The summed E-state index contributed by atoms with van der Waals surface area (Å²) in [6.45, 7) is 0.133. The molecule has 0 fully saturated rings. The third kappa shape index (κ3) is 2.90. The Labute approximate surface area is 146 Å². The lowest BCUT2D eigenvalue weighted by Gasteiger charge is -2.05. The lowest BCUT2D eigenvalue weighted by Crippen LogP contribution is -2.27. The molecule has 0 amide bonds. The van der Waals surface area contributed by atoms with Crippen LogP contribution in [-0.4, -0.2) is 19.3 Å². The highest BCUT2D eigenvalue weighted by Gasteiger charge is 2.18. The van der Waals surface area contributed by atoms with Crippen molar-refractivity contribution in [2.75, 3.05) is 0 Å². The number of hydrazine groups is 1. The lowest BCUT2D eigenvalue weighted by molar-refractivity contribution is 0.628. The molecule has 10 nitrogen and oxygen atoms in total. The maximum atomic E-state index is 12.7. The maximum Gasteiger partial charge on any atom is 0.291 e. The molecule has 3 rings (SSSR count). The maximum absolute atomic E-state index is 12.7. The molecule has 0 bridgehead atoms. The van der Waals surface area contributed by atoms with Crippen LogP contribution in [-0.2, 0) is 20.0 Å². The van der Waals surface area contributed by atoms with Crippen LogP contribution in [0.1, 0.15) is 5.01 Å². The summed E-state index contributed by atoms with van der Waals surface area (Å²) >= 11 is 1.47. The van der Waals surface area contributed by atoms with E-state index < -0.39 is 0 Å². The van der Waals surface area contributed by atoms with Crippen molar-refractivity contribution in [3.63, 3.8) is 0 Å². The van der Waals surface area contributed by atoms with Gasteiger partial charge < -0.3 is 27.2 Å². The summed E-state index contributed by atoms with van der Waals surface area (Å²) in [4.78, 5) is 17.3. The van der Waals surface area contributed by atoms with Crippen LogP contribution in [0.25, 0.3) is 21.3 Å². The fourth-order valence-corrected chi connectivity index (χ4v) is 3.72. The number of thiazole rings is 1. The number of rotatable bonds is 5. The minimum absolute atomic E-state index is 0.133. The number of allylic oxidation sites excluding steroid dienone is 2. The van der Waals surface area contributed by atoms with Crippen molar-refractivity contribution >= 4 is 32.6 Å². The van der Waals surface area contributed by atoms with E-state index in [2.05, 4.69) is 15.5 Å². The Bertz CT molecular complexity index is 1060. The van der Waals surface area contributed by atoms with Gasteiger partial charge in [0.05, 0.1) is 17.4 Å². The van der Waals surface area contributed by atoms with Gasteiger partial charge in [-0.05, 0) is 0 Å². The molecule has 3 heterocycles. The molecule has 0 radical (unpaired) electrons. The quantitative estimate of drug-likeness (QED) is 0.282. The minimum atomic E-state index is -0.249. The minimum Gasteiger partial charge on any atom is -0.403 e. The molecule has 0 aliphatic heterocycles. The summed E-state index contributed by atoms with van der Waals surface area (Å²) in [5, 5.41) is 5.78. The molecule has 132 valence electrons. The number of nitrogens with one attached hydrogen (secondary N) is 1. The third-order valence-electron chi connectivity index (χ3n) is 3.74. The van der Waals surface area contributed by atoms with Crippen LogP contribution in [0.3, 0.4) is 0 Å². The fraction of sp³-hybridized carbons (Fsp3) is 0.214. The molecular weight excluding hydrogens is 342 g/mol. The number of nitrogens with two attached hydrogens (primary N) is 4. The number of fused-ring (bicyclic) bond motifs is 3. The first kappa shape index (κ1) is 16.8. The zero-order chi connectivity index (χ0) is 18.1. The highest BCUT2D eigenvalue weighted by atomic mass is 32.1. The van der Waals surface area contributed by atoms with Gasteiger partial charge in [0.1, 0.15) is 10.5 Å². The van der Waals surface area contributed by atoms with Gasteiger partial charge in [0.2, 0.25) is 0 Å². The number of hydrogen-bond acceptors (Lipinski definition) is 9. The average Bonchev–Trinajstić information content (AvgIpc) is 3.09. The van der Waals surface area contributed by atoms with Crippen LogP contribution < -0.4 is 34.0 Å². The van der Waals surface area contributed by atoms with Gasteiger partial charge in [-0.15, -0.1) is 11.3 Å². The smallest absolute Gasteiger partial charge is 0.291 e. The van der Waals surface area contributed by atoms with Crippen LogP contribution in [0.15, 0.2) is 34.8 Å². The molecule has 0 aliphatic rings. The highest BCUT2D eigenvalue weighted by Crippen LogP contribution is 2.31. The molecule has 0 spiro atoms. The van der Waals surface area contributed by atoms with Gasteiger partial charge in [0.15, 0.2) is 5.65 Å². The van der Waals surface area contributed by atoms with Gasteiger partial charge in [-0.25, -0.2) is 9.67 Å². The molecule has 0 saturated carbocycles. The first-order valence-corrected chi connectivity index (χ1v) is 8.18. The zero-order valence-corrected chi connectivity index (χ0v) is 14.4. The monoisotopic (exact) mass is 361 g/mol. The van der Waals surface area contributed by atoms with Gasteiger partial charge in [-0.3, -0.25) is 10.6 Å². The van der Waals surface area contributed by atoms with Crippen molar-refractivity contribution in [3.8, 4) is 0 Å². The van der Waals surface area contributed by atoms with Crippen molar-refractivity contribution in [2.45, 2.75) is 13.0 Å². The number of nitrogens with zero attached hydrogens (tertiary/aromatic N) is 4. The third-order valence-corrected chi connectivity index (χ3v) is 4.82. The van der Waals surface area contributed by atoms with E-state index in [1.807, 2.05) is 0 Å². The number of aryl methyl sites for hydroxylation is 1. The van der Waals surface area contributed by atoms with Gasteiger partial charge in [0.25, 0.3) is 5.56 Å². The van der Waals surface area contributed by atoms with Crippen LogP contribution in [0.4, 0.5) is 0 Å². The molecule has 0 atom stereocenters. The van der Waals surface area contributed by atoms with Gasteiger partial charge in [-0.2, -0.15) is 5.10 Å². The number of aromatic nitrogens is 4. The Morgan fingerprint density at radius 1 is 1.40 bits per heavy atom. The van der Waals surface area contributed by atoms with E-state index in [-0.39, 0.29) is 12.1 Å². The van der Waals surface area contributed by atoms with Gasteiger partial charge in [0, 0.05) is 42.6 Å². The van der Waals surface area contributed by atoms with E-state index in [0.717, 1.165) is 15.1 Å². The summed E-state index contributed by atoms with van der Waals surface area (Å²) in [5.74, 6) is 5.19. The first-order chi connectivity index (χ1) is 12.0. The van der Waals surface area contributed by atoms with Crippen LogP contribution >= 0.6 is 11.3 Å². The van der Waals surface area contributed by atoms with Crippen molar-refractivity contribution in [3.05, 3.63) is 45.4 Å². The van der Waals surface area contributed by atoms with E-state index in [4.69, 9.17) is 23.0 Å². The molecule has 11 heteroatoms. The largest absolute Gasteiger partial charge is 0.403 e. The second kappa shape index (κ2) is 6.45. The summed E-state index contributed by atoms with van der Waals surface area (Å²) in [6.07, 6.45) is 4.88. The summed E-state index contributed by atoms with van der Waals surface area (Å²) in [7, 11) is 1.79.